The van der Waals surface area contributed by atoms with Crippen molar-refractivity contribution in [2.75, 3.05) is 14.2 Å². The number of methoxy groups -OCH3 is 2. The molecule has 128 valence electrons. The van der Waals surface area contributed by atoms with Gasteiger partial charge < -0.3 is 9.47 Å². The molecule has 6 heteroatoms. The summed E-state index contributed by atoms with van der Waals surface area (Å²) < 4.78 is 9.07. The first-order chi connectivity index (χ1) is 12.1. The molecule has 1 heterocycles. The molecule has 0 bridgehead atoms. The van der Waals surface area contributed by atoms with E-state index in [-0.39, 0.29) is 4.91 Å². The molecule has 25 heavy (non-hydrogen) atoms. The fraction of sp³-hybridized carbons (Fsp3) is 0.158. The van der Waals surface area contributed by atoms with Gasteiger partial charge in [-0.1, -0.05) is 71.5 Å². The molecule has 0 spiro atoms. The van der Waals surface area contributed by atoms with E-state index in [1.54, 1.807) is 0 Å². The first-order valence-electron chi connectivity index (χ1n) is 7.53. The number of hydrogen-bond donors (Lipinski definition) is 0. The van der Waals surface area contributed by atoms with Crippen molar-refractivity contribution in [3.8, 4) is 0 Å². The molecule has 0 unspecified atom stereocenters. The van der Waals surface area contributed by atoms with Gasteiger partial charge >= 0.3 is 11.9 Å². The molecule has 3 rings (SSSR count). The van der Waals surface area contributed by atoms with Crippen LogP contribution in [0.1, 0.15) is 11.1 Å². The lowest BCUT2D eigenvalue weighted by Gasteiger charge is -2.30. The van der Waals surface area contributed by atoms with E-state index in [2.05, 4.69) is 0 Å². The second-order valence-electron chi connectivity index (χ2n) is 5.27. The smallest absolute Gasteiger partial charge is 0.345 e. The van der Waals surface area contributed by atoms with Crippen molar-refractivity contribution in [2.24, 2.45) is 0 Å². The Morgan fingerprint density at radius 3 is 1.72 bits per heavy atom. The molecule has 0 N–H and O–H groups in total. The Balaban J connectivity index is 2.33. The van der Waals surface area contributed by atoms with Gasteiger partial charge in [-0.05, 0) is 21.9 Å². The zero-order valence-corrected chi connectivity index (χ0v) is 15.4. The van der Waals surface area contributed by atoms with E-state index < -0.39 is 16.7 Å². The predicted octanol–water partition coefficient (Wildman–Crippen LogP) is 3.93. The molecule has 1 aliphatic heterocycles. The lowest BCUT2D eigenvalue weighted by atomic mass is 9.83. The number of esters is 2. The minimum atomic E-state index is -0.843. The van der Waals surface area contributed by atoms with Gasteiger partial charge in [-0.15, -0.1) is 0 Å². The standard InChI is InChI=1S/C19H16O4S2/c1-22-17(20)15-16(18(21)23-2)24-25-19(15,13-9-5-3-6-10-13)14-11-7-4-8-12-14/h3-12H,1-2H3. The third-order valence-corrected chi connectivity index (χ3v) is 7.00. The van der Waals surface area contributed by atoms with Crippen LogP contribution in [-0.4, -0.2) is 26.2 Å². The van der Waals surface area contributed by atoms with Gasteiger partial charge in [0.15, 0.2) is 0 Å². The largest absolute Gasteiger partial charge is 0.466 e. The average molecular weight is 372 g/mol. The van der Waals surface area contributed by atoms with Crippen molar-refractivity contribution in [1.29, 1.82) is 0 Å². The molecule has 0 atom stereocenters. The van der Waals surface area contributed by atoms with Crippen molar-refractivity contribution in [2.45, 2.75) is 4.75 Å². The van der Waals surface area contributed by atoms with Crippen molar-refractivity contribution >= 4 is 33.5 Å². The summed E-state index contributed by atoms with van der Waals surface area (Å²) in [5.74, 6) is -1.07. The summed E-state index contributed by atoms with van der Waals surface area (Å²) in [7, 11) is 5.31. The van der Waals surface area contributed by atoms with E-state index in [4.69, 9.17) is 9.47 Å². The summed E-state index contributed by atoms with van der Waals surface area (Å²) in [4.78, 5) is 25.2. The highest BCUT2D eigenvalue weighted by Gasteiger charge is 2.51. The topological polar surface area (TPSA) is 52.6 Å². The highest BCUT2D eigenvalue weighted by Crippen LogP contribution is 2.62. The van der Waals surface area contributed by atoms with Crippen molar-refractivity contribution in [3.63, 3.8) is 0 Å². The molecular weight excluding hydrogens is 356 g/mol. The monoisotopic (exact) mass is 372 g/mol. The zero-order valence-electron chi connectivity index (χ0n) is 13.7. The van der Waals surface area contributed by atoms with Crippen LogP contribution in [0.3, 0.4) is 0 Å². The van der Waals surface area contributed by atoms with Crippen molar-refractivity contribution < 1.29 is 19.1 Å². The molecular formula is C19H16O4S2. The van der Waals surface area contributed by atoms with E-state index in [0.29, 0.717) is 5.57 Å². The van der Waals surface area contributed by atoms with Crippen LogP contribution in [0.25, 0.3) is 0 Å². The summed E-state index contributed by atoms with van der Waals surface area (Å²) in [5, 5.41) is 0. The van der Waals surface area contributed by atoms with Gasteiger partial charge in [-0.25, -0.2) is 9.59 Å². The predicted molar refractivity (Wildman–Crippen MR) is 99.9 cm³/mol. The minimum absolute atomic E-state index is 0.270. The summed E-state index contributed by atoms with van der Waals surface area (Å²) in [6.45, 7) is 0. The molecule has 4 nitrogen and oxygen atoms in total. The van der Waals surface area contributed by atoms with E-state index in [9.17, 15) is 9.59 Å². The van der Waals surface area contributed by atoms with E-state index in [1.807, 2.05) is 60.7 Å². The Morgan fingerprint density at radius 2 is 1.28 bits per heavy atom. The van der Waals surface area contributed by atoms with E-state index in [1.165, 1.54) is 35.8 Å². The maximum Gasteiger partial charge on any atom is 0.345 e. The Labute approximate surface area is 154 Å². The van der Waals surface area contributed by atoms with Crippen LogP contribution in [-0.2, 0) is 23.8 Å². The second-order valence-corrected chi connectivity index (χ2v) is 7.62. The molecule has 0 radical (unpaired) electrons. The van der Waals surface area contributed by atoms with Crippen LogP contribution in [0.2, 0.25) is 0 Å². The molecule has 0 fully saturated rings. The van der Waals surface area contributed by atoms with Crippen LogP contribution in [0, 0.1) is 0 Å². The molecule has 0 aliphatic carbocycles. The summed E-state index contributed by atoms with van der Waals surface area (Å²) in [6.07, 6.45) is 0. The molecule has 1 aliphatic rings. The van der Waals surface area contributed by atoms with Crippen LogP contribution >= 0.6 is 21.6 Å². The quantitative estimate of drug-likeness (QED) is 0.599. The molecule has 0 saturated heterocycles. The van der Waals surface area contributed by atoms with E-state index in [0.717, 1.165) is 11.1 Å². The summed E-state index contributed by atoms with van der Waals surface area (Å²) >= 11 is 0. The van der Waals surface area contributed by atoms with Crippen molar-refractivity contribution in [1.82, 2.24) is 0 Å². The molecule has 2 aromatic carbocycles. The van der Waals surface area contributed by atoms with Gasteiger partial charge in [0.25, 0.3) is 0 Å². The van der Waals surface area contributed by atoms with Crippen LogP contribution in [0.5, 0.6) is 0 Å². The van der Waals surface area contributed by atoms with Gasteiger partial charge in [0, 0.05) is 0 Å². The minimum Gasteiger partial charge on any atom is -0.466 e. The lowest BCUT2D eigenvalue weighted by molar-refractivity contribution is -0.139. The fourth-order valence-corrected chi connectivity index (χ4v) is 6.20. The third-order valence-electron chi connectivity index (χ3n) is 3.95. The number of rotatable bonds is 4. The van der Waals surface area contributed by atoms with Gasteiger partial charge in [-0.2, -0.15) is 0 Å². The first kappa shape index (κ1) is 17.6. The second kappa shape index (κ2) is 7.37. The van der Waals surface area contributed by atoms with Gasteiger partial charge in [0.2, 0.25) is 0 Å². The first-order valence-corrected chi connectivity index (χ1v) is 9.68. The van der Waals surface area contributed by atoms with Gasteiger partial charge in [0.1, 0.15) is 9.65 Å². The Hall–Kier alpha value is -2.18. The SMILES string of the molecule is COC(=O)C1=C(C(=O)OC)C(c2ccccc2)(c2ccccc2)SS1. The van der Waals surface area contributed by atoms with Crippen LogP contribution < -0.4 is 0 Å². The number of benzene rings is 2. The van der Waals surface area contributed by atoms with Gasteiger partial charge in [-0.3, -0.25) is 0 Å². The molecule has 0 aromatic heterocycles. The maximum absolute atomic E-state index is 12.7. The number of hydrogen-bond acceptors (Lipinski definition) is 6. The lowest BCUT2D eigenvalue weighted by Crippen LogP contribution is -2.30. The highest BCUT2D eigenvalue weighted by molar-refractivity contribution is 8.79. The summed E-state index contributed by atoms with van der Waals surface area (Å²) in [5.41, 5.74) is 2.10. The number of carbonyl (C=O) groups excluding carboxylic acids is 2. The fourth-order valence-electron chi connectivity index (χ4n) is 2.81. The van der Waals surface area contributed by atoms with Crippen molar-refractivity contribution in [3.05, 3.63) is 82.3 Å². The molecule has 2 aromatic rings. The zero-order chi connectivity index (χ0) is 17.9. The number of ether oxygens (including phenoxy) is 2. The Morgan fingerprint density at radius 1 is 0.800 bits per heavy atom. The van der Waals surface area contributed by atoms with E-state index >= 15 is 0 Å². The highest BCUT2D eigenvalue weighted by atomic mass is 33.1. The Bertz CT molecular complexity index is 776. The normalized spacial score (nSPS) is 15.8. The number of carbonyl (C=O) groups is 2. The van der Waals surface area contributed by atoms with Crippen LogP contribution in [0.15, 0.2) is 71.1 Å². The molecule has 0 saturated carbocycles. The third kappa shape index (κ3) is 2.96. The van der Waals surface area contributed by atoms with Gasteiger partial charge in [0.05, 0.1) is 19.8 Å². The van der Waals surface area contributed by atoms with Crippen LogP contribution in [0.4, 0.5) is 0 Å². The molecule has 0 amide bonds. The summed E-state index contributed by atoms with van der Waals surface area (Å²) in [6, 6.07) is 19.3. The Kier molecular flexibility index (Phi) is 5.20. The average Bonchev–Trinajstić information content (AvgIpc) is 3.09. The maximum atomic E-state index is 12.7.